The zero-order chi connectivity index (χ0) is 10.5. The van der Waals surface area contributed by atoms with Crippen molar-refractivity contribution in [3.8, 4) is 0 Å². The van der Waals surface area contributed by atoms with Gasteiger partial charge in [0.1, 0.15) is 6.61 Å². The fraction of sp³-hybridized carbons (Fsp3) is 0.600. The molecule has 0 atom stereocenters. The van der Waals surface area contributed by atoms with Gasteiger partial charge in [0, 0.05) is 5.57 Å². The van der Waals surface area contributed by atoms with E-state index in [9.17, 15) is 4.79 Å². The van der Waals surface area contributed by atoms with Crippen LogP contribution in [0.5, 0.6) is 0 Å². The van der Waals surface area contributed by atoms with Crippen LogP contribution in [-0.2, 0) is 14.6 Å². The second-order valence-corrected chi connectivity index (χ2v) is 3.90. The highest BCUT2D eigenvalue weighted by Gasteiger charge is 2.12. The highest BCUT2D eigenvalue weighted by molar-refractivity contribution is 5.87. The Bertz CT molecular complexity index is 199. The zero-order valence-corrected chi connectivity index (χ0v) is 8.88. The van der Waals surface area contributed by atoms with Crippen LogP contribution in [0.4, 0.5) is 0 Å². The van der Waals surface area contributed by atoms with Gasteiger partial charge in [-0.1, -0.05) is 26.8 Å². The Labute approximate surface area is 79.7 Å². The number of allylic oxidation sites excluding steroid dienone is 1. The standard InChI is InChI=1S/C10H17O3/c1-6-12-13-9(11)8(2)7-10(3,4)5/h6-7H,1-5H3/b8-7-. The van der Waals surface area contributed by atoms with Gasteiger partial charge in [-0.3, -0.25) is 4.89 Å². The lowest BCUT2D eigenvalue weighted by molar-refractivity contribution is -0.246. The summed E-state index contributed by atoms with van der Waals surface area (Å²) in [4.78, 5) is 20.0. The Morgan fingerprint density at radius 3 is 2.23 bits per heavy atom. The Morgan fingerprint density at radius 1 is 1.31 bits per heavy atom. The van der Waals surface area contributed by atoms with Crippen LogP contribution in [0.25, 0.3) is 0 Å². The van der Waals surface area contributed by atoms with Crippen molar-refractivity contribution >= 4 is 5.97 Å². The summed E-state index contributed by atoms with van der Waals surface area (Å²) in [6.07, 6.45) is 1.84. The molecule has 3 heteroatoms. The molecule has 0 rings (SSSR count). The number of carbonyl (C=O) groups is 1. The molecule has 0 aromatic rings. The second-order valence-electron chi connectivity index (χ2n) is 3.90. The maximum Gasteiger partial charge on any atom is 0.368 e. The van der Waals surface area contributed by atoms with E-state index >= 15 is 0 Å². The minimum Gasteiger partial charge on any atom is -0.293 e. The van der Waals surface area contributed by atoms with Crippen molar-refractivity contribution in [3.63, 3.8) is 0 Å². The Morgan fingerprint density at radius 2 is 1.85 bits per heavy atom. The number of hydrogen-bond donors (Lipinski definition) is 0. The van der Waals surface area contributed by atoms with Crippen molar-refractivity contribution in [3.05, 3.63) is 18.3 Å². The summed E-state index contributed by atoms with van der Waals surface area (Å²) in [6, 6.07) is 0. The molecule has 1 radical (unpaired) electrons. The molecular weight excluding hydrogens is 168 g/mol. The van der Waals surface area contributed by atoms with Gasteiger partial charge in [-0.2, -0.15) is 4.89 Å². The van der Waals surface area contributed by atoms with Crippen molar-refractivity contribution in [2.24, 2.45) is 5.41 Å². The Hall–Kier alpha value is -0.830. The van der Waals surface area contributed by atoms with Crippen molar-refractivity contribution < 1.29 is 14.6 Å². The summed E-state index contributed by atoms with van der Waals surface area (Å²) in [6.45, 7) is 10.7. The van der Waals surface area contributed by atoms with Crippen molar-refractivity contribution in [1.82, 2.24) is 0 Å². The quantitative estimate of drug-likeness (QED) is 0.385. The van der Waals surface area contributed by atoms with Crippen LogP contribution >= 0.6 is 0 Å². The largest absolute Gasteiger partial charge is 0.368 e. The first kappa shape index (κ1) is 12.2. The van der Waals surface area contributed by atoms with E-state index in [2.05, 4.69) is 9.78 Å². The minimum atomic E-state index is -0.451. The summed E-state index contributed by atoms with van der Waals surface area (Å²) < 4.78 is 0. The molecule has 0 spiro atoms. The fourth-order valence-corrected chi connectivity index (χ4v) is 0.866. The third kappa shape index (κ3) is 6.34. The Kier molecular flexibility index (Phi) is 4.70. The third-order valence-corrected chi connectivity index (χ3v) is 1.19. The molecule has 0 fully saturated rings. The lowest BCUT2D eigenvalue weighted by atomic mass is 9.94. The highest BCUT2D eigenvalue weighted by Crippen LogP contribution is 2.17. The minimum absolute atomic E-state index is 0.0287. The van der Waals surface area contributed by atoms with E-state index in [1.165, 1.54) is 6.61 Å². The monoisotopic (exact) mass is 185 g/mol. The molecule has 0 amide bonds. The van der Waals surface area contributed by atoms with Crippen molar-refractivity contribution in [1.29, 1.82) is 0 Å². The predicted octanol–water partition coefficient (Wildman–Crippen LogP) is 2.64. The van der Waals surface area contributed by atoms with E-state index < -0.39 is 5.97 Å². The molecule has 0 aromatic heterocycles. The first-order chi connectivity index (χ1) is 5.87. The molecule has 13 heavy (non-hydrogen) atoms. The SMILES string of the molecule is C[CH]OOC(=O)/C(C)=C\C(C)(C)C. The van der Waals surface area contributed by atoms with Crippen molar-refractivity contribution in [2.45, 2.75) is 34.6 Å². The number of hydrogen-bond acceptors (Lipinski definition) is 3. The van der Waals surface area contributed by atoms with E-state index in [4.69, 9.17) is 0 Å². The van der Waals surface area contributed by atoms with Gasteiger partial charge in [0.2, 0.25) is 0 Å². The van der Waals surface area contributed by atoms with Crippen molar-refractivity contribution in [2.75, 3.05) is 0 Å². The maximum atomic E-state index is 11.1. The second kappa shape index (κ2) is 5.02. The molecule has 0 aliphatic heterocycles. The summed E-state index contributed by atoms with van der Waals surface area (Å²) in [5.41, 5.74) is 0.522. The van der Waals surface area contributed by atoms with Crippen LogP contribution in [0.15, 0.2) is 11.6 Å². The summed E-state index contributed by atoms with van der Waals surface area (Å²) in [5, 5.41) is 0. The van der Waals surface area contributed by atoms with E-state index in [-0.39, 0.29) is 5.41 Å². The molecule has 0 aromatic carbocycles. The van der Waals surface area contributed by atoms with E-state index in [1.807, 2.05) is 26.8 Å². The van der Waals surface area contributed by atoms with Crippen LogP contribution in [0.2, 0.25) is 0 Å². The average Bonchev–Trinajstić information content (AvgIpc) is 1.96. The van der Waals surface area contributed by atoms with Gasteiger partial charge < -0.3 is 0 Å². The molecule has 0 aliphatic carbocycles. The summed E-state index contributed by atoms with van der Waals surface area (Å²) in [5.74, 6) is -0.451. The molecule has 3 nitrogen and oxygen atoms in total. The maximum absolute atomic E-state index is 11.1. The molecule has 0 saturated carbocycles. The van der Waals surface area contributed by atoms with Gasteiger partial charge in [0.15, 0.2) is 0 Å². The molecule has 75 valence electrons. The lowest BCUT2D eigenvalue weighted by Crippen LogP contribution is -2.09. The van der Waals surface area contributed by atoms with E-state index in [1.54, 1.807) is 13.8 Å². The van der Waals surface area contributed by atoms with Crippen LogP contribution in [0.1, 0.15) is 34.6 Å². The third-order valence-electron chi connectivity index (χ3n) is 1.19. The first-order valence-electron chi connectivity index (χ1n) is 4.22. The van der Waals surface area contributed by atoms with Crippen LogP contribution in [-0.4, -0.2) is 5.97 Å². The number of rotatable bonds is 3. The smallest absolute Gasteiger partial charge is 0.293 e. The van der Waals surface area contributed by atoms with Crippen LogP contribution in [0.3, 0.4) is 0 Å². The molecule has 0 N–H and O–H groups in total. The molecule has 0 heterocycles. The van der Waals surface area contributed by atoms with Gasteiger partial charge in [0.25, 0.3) is 0 Å². The summed E-state index contributed by atoms with van der Waals surface area (Å²) in [7, 11) is 0. The average molecular weight is 185 g/mol. The fourth-order valence-electron chi connectivity index (χ4n) is 0.866. The first-order valence-corrected chi connectivity index (χ1v) is 4.22. The van der Waals surface area contributed by atoms with Gasteiger partial charge in [-0.15, -0.1) is 0 Å². The Balaban J connectivity index is 4.17. The lowest BCUT2D eigenvalue weighted by Gasteiger charge is -2.13. The summed E-state index contributed by atoms with van der Waals surface area (Å²) >= 11 is 0. The predicted molar refractivity (Wildman–Crippen MR) is 50.4 cm³/mol. The molecular formula is C10H17O3. The normalized spacial score (nSPS) is 12.8. The molecule has 0 bridgehead atoms. The molecule has 0 unspecified atom stereocenters. The molecule has 0 saturated heterocycles. The topological polar surface area (TPSA) is 35.5 Å². The van der Waals surface area contributed by atoms with Gasteiger partial charge in [-0.05, 0) is 19.3 Å². The van der Waals surface area contributed by atoms with Gasteiger partial charge >= 0.3 is 5.97 Å². The highest BCUT2D eigenvalue weighted by atomic mass is 17.2. The van der Waals surface area contributed by atoms with E-state index in [0.29, 0.717) is 5.57 Å². The van der Waals surface area contributed by atoms with Crippen LogP contribution in [0, 0.1) is 12.0 Å². The van der Waals surface area contributed by atoms with Crippen LogP contribution < -0.4 is 0 Å². The zero-order valence-electron chi connectivity index (χ0n) is 8.88. The van der Waals surface area contributed by atoms with Gasteiger partial charge in [0.05, 0.1) is 0 Å². The number of carbonyl (C=O) groups excluding carboxylic acids is 1. The van der Waals surface area contributed by atoms with E-state index in [0.717, 1.165) is 0 Å². The molecule has 0 aliphatic rings. The van der Waals surface area contributed by atoms with Gasteiger partial charge in [-0.25, -0.2) is 4.79 Å².